The highest BCUT2D eigenvalue weighted by molar-refractivity contribution is 5.40. The molecule has 0 radical (unpaired) electrons. The number of hydrogen-bond donors (Lipinski definition) is 2. The van der Waals surface area contributed by atoms with Gasteiger partial charge >= 0.3 is 0 Å². The molecule has 0 unspecified atom stereocenters. The van der Waals surface area contributed by atoms with Crippen LogP contribution in [0.5, 0.6) is 11.8 Å². The Kier molecular flexibility index (Phi) is 3.40. The molecule has 2 N–H and O–H groups in total. The van der Waals surface area contributed by atoms with E-state index in [0.29, 0.717) is 6.54 Å². The van der Waals surface area contributed by atoms with Crippen molar-refractivity contribution in [3.8, 4) is 11.8 Å². The van der Waals surface area contributed by atoms with Crippen LogP contribution in [0.2, 0.25) is 0 Å². The van der Waals surface area contributed by atoms with E-state index >= 15 is 0 Å². The molecule has 0 saturated carbocycles. The zero-order valence-electron chi connectivity index (χ0n) is 9.92. The minimum absolute atomic E-state index is 0.0545. The fourth-order valence-corrected chi connectivity index (χ4v) is 1.36. The summed E-state index contributed by atoms with van der Waals surface area (Å²) in [6.07, 6.45) is 0. The van der Waals surface area contributed by atoms with E-state index in [1.165, 1.54) is 0 Å². The highest BCUT2D eigenvalue weighted by Gasteiger charge is 2.14. The Labute approximate surface area is 102 Å². The lowest BCUT2D eigenvalue weighted by Crippen LogP contribution is -2.04. The minimum Gasteiger partial charge on any atom is -0.416 e. The lowest BCUT2D eigenvalue weighted by atomic mass is 10.4. The number of pyridine rings is 1. The monoisotopic (exact) mass is 254 g/mol. The highest BCUT2D eigenvalue weighted by Crippen LogP contribution is 2.24. The summed E-state index contributed by atoms with van der Waals surface area (Å²) in [5, 5.41) is 9.10. The number of halogens is 2. The van der Waals surface area contributed by atoms with Gasteiger partial charge in [0.15, 0.2) is 17.5 Å². The van der Waals surface area contributed by atoms with Gasteiger partial charge < -0.3 is 10.1 Å². The topological polar surface area (TPSA) is 62.8 Å². The van der Waals surface area contributed by atoms with Crippen molar-refractivity contribution in [2.75, 3.05) is 11.9 Å². The third-order valence-electron chi connectivity index (χ3n) is 2.13. The second kappa shape index (κ2) is 4.99. The minimum atomic E-state index is -0.880. The van der Waals surface area contributed by atoms with E-state index in [0.717, 1.165) is 11.8 Å². The first-order valence-electron chi connectivity index (χ1n) is 5.40. The predicted octanol–water partition coefficient (Wildman–Crippen LogP) is 2.62. The van der Waals surface area contributed by atoms with Crippen LogP contribution in [-0.2, 0) is 0 Å². The van der Waals surface area contributed by atoms with E-state index < -0.39 is 11.6 Å². The van der Waals surface area contributed by atoms with Gasteiger partial charge in [-0.15, -0.1) is 5.10 Å². The third kappa shape index (κ3) is 2.55. The Hall–Kier alpha value is -2.18. The molecule has 18 heavy (non-hydrogen) atoms. The Morgan fingerprint density at radius 1 is 1.33 bits per heavy atom. The summed E-state index contributed by atoms with van der Waals surface area (Å²) in [6.45, 7) is 4.02. The molecule has 0 atom stereocenters. The van der Waals surface area contributed by atoms with Crippen LogP contribution in [-0.4, -0.2) is 21.7 Å². The summed E-state index contributed by atoms with van der Waals surface area (Å²) in [5.41, 5.74) is 0.763. The first-order valence-corrected chi connectivity index (χ1v) is 5.40. The van der Waals surface area contributed by atoms with Gasteiger partial charge in [-0.1, -0.05) is 0 Å². The molecule has 0 aliphatic carbocycles. The van der Waals surface area contributed by atoms with Crippen molar-refractivity contribution < 1.29 is 13.5 Å². The van der Waals surface area contributed by atoms with Gasteiger partial charge in [0.2, 0.25) is 5.88 Å². The van der Waals surface area contributed by atoms with Crippen molar-refractivity contribution >= 4 is 5.82 Å². The van der Waals surface area contributed by atoms with Gasteiger partial charge in [-0.05, 0) is 13.8 Å². The predicted molar refractivity (Wildman–Crippen MR) is 61.7 cm³/mol. The zero-order chi connectivity index (χ0) is 13.1. The van der Waals surface area contributed by atoms with Crippen LogP contribution in [0.3, 0.4) is 0 Å². The summed E-state index contributed by atoms with van der Waals surface area (Å²) in [7, 11) is 0. The summed E-state index contributed by atoms with van der Waals surface area (Å²) in [5.74, 6) is -1.84. The van der Waals surface area contributed by atoms with Crippen molar-refractivity contribution in [3.63, 3.8) is 0 Å². The molecule has 0 aliphatic rings. The molecular weight excluding hydrogens is 242 g/mol. The number of nitrogens with one attached hydrogen (secondary N) is 2. The quantitative estimate of drug-likeness (QED) is 0.880. The van der Waals surface area contributed by atoms with Gasteiger partial charge in [-0.25, -0.2) is 8.78 Å². The number of aromatic amines is 1. The van der Waals surface area contributed by atoms with Crippen LogP contribution in [0.15, 0.2) is 12.1 Å². The summed E-state index contributed by atoms with van der Waals surface area (Å²) in [6, 6.07) is 2.30. The van der Waals surface area contributed by atoms with E-state index in [1.54, 1.807) is 19.9 Å². The molecule has 0 amide bonds. The summed E-state index contributed by atoms with van der Waals surface area (Å²) in [4.78, 5) is 3.73. The fourth-order valence-electron chi connectivity index (χ4n) is 1.36. The molecule has 2 heterocycles. The van der Waals surface area contributed by atoms with E-state index in [4.69, 9.17) is 4.74 Å². The van der Waals surface area contributed by atoms with Gasteiger partial charge in [0.05, 0.1) is 0 Å². The SMILES string of the molecule is CCNc1nc(Oc2cc(C)[nH]n2)c(F)cc1F. The number of aromatic nitrogens is 3. The van der Waals surface area contributed by atoms with E-state index in [9.17, 15) is 8.78 Å². The fraction of sp³-hybridized carbons (Fsp3) is 0.273. The highest BCUT2D eigenvalue weighted by atomic mass is 19.1. The first-order chi connectivity index (χ1) is 8.60. The molecule has 5 nitrogen and oxygen atoms in total. The molecule has 0 saturated heterocycles. The van der Waals surface area contributed by atoms with Crippen molar-refractivity contribution in [2.45, 2.75) is 13.8 Å². The van der Waals surface area contributed by atoms with E-state index in [1.807, 2.05) is 0 Å². The molecule has 0 fully saturated rings. The Morgan fingerprint density at radius 3 is 2.72 bits per heavy atom. The molecule has 0 spiro atoms. The molecule has 2 aromatic heterocycles. The van der Waals surface area contributed by atoms with Gasteiger partial charge in [0, 0.05) is 24.4 Å². The molecule has 0 aromatic carbocycles. The molecule has 0 bridgehead atoms. The molecule has 7 heteroatoms. The molecule has 2 rings (SSSR count). The Balaban J connectivity index is 2.29. The normalized spacial score (nSPS) is 10.4. The van der Waals surface area contributed by atoms with Gasteiger partial charge in [0.1, 0.15) is 0 Å². The average Bonchev–Trinajstić information content (AvgIpc) is 2.71. The smallest absolute Gasteiger partial charge is 0.259 e. The lowest BCUT2D eigenvalue weighted by molar-refractivity contribution is 0.404. The number of H-pyrrole nitrogens is 1. The van der Waals surface area contributed by atoms with Gasteiger partial charge in [0.25, 0.3) is 5.88 Å². The largest absolute Gasteiger partial charge is 0.416 e. The molecule has 0 aliphatic heterocycles. The van der Waals surface area contributed by atoms with Crippen LogP contribution in [0.1, 0.15) is 12.6 Å². The van der Waals surface area contributed by atoms with Gasteiger partial charge in [-0.2, -0.15) is 4.98 Å². The summed E-state index contributed by atoms with van der Waals surface area (Å²) >= 11 is 0. The maximum absolute atomic E-state index is 13.5. The second-order valence-electron chi connectivity index (χ2n) is 3.63. The van der Waals surface area contributed by atoms with Crippen LogP contribution in [0.4, 0.5) is 14.6 Å². The van der Waals surface area contributed by atoms with Crippen molar-refractivity contribution in [1.29, 1.82) is 0 Å². The van der Waals surface area contributed by atoms with Crippen LogP contribution < -0.4 is 10.1 Å². The second-order valence-corrected chi connectivity index (χ2v) is 3.63. The molecule has 2 aromatic rings. The Bertz CT molecular complexity index is 556. The van der Waals surface area contributed by atoms with E-state index in [-0.39, 0.29) is 17.6 Å². The van der Waals surface area contributed by atoms with Crippen LogP contribution >= 0.6 is 0 Å². The van der Waals surface area contributed by atoms with Gasteiger partial charge in [-0.3, -0.25) is 5.10 Å². The zero-order valence-corrected chi connectivity index (χ0v) is 9.92. The standard InChI is InChI=1S/C11H12F2N4O/c1-3-14-10-7(12)5-8(13)11(15-10)18-9-4-6(2)16-17-9/h4-5H,3H2,1-2H3,(H,14,15)(H,16,17). The summed E-state index contributed by atoms with van der Waals surface area (Å²) < 4.78 is 31.9. The molecule has 96 valence electrons. The number of hydrogen-bond acceptors (Lipinski definition) is 4. The van der Waals surface area contributed by atoms with Crippen LogP contribution in [0.25, 0.3) is 0 Å². The number of nitrogens with zero attached hydrogens (tertiary/aromatic N) is 2. The number of anilines is 1. The maximum atomic E-state index is 13.5. The maximum Gasteiger partial charge on any atom is 0.259 e. The van der Waals surface area contributed by atoms with Crippen molar-refractivity contribution in [3.05, 3.63) is 29.5 Å². The van der Waals surface area contributed by atoms with Crippen molar-refractivity contribution in [1.82, 2.24) is 15.2 Å². The number of rotatable bonds is 4. The van der Waals surface area contributed by atoms with Crippen LogP contribution in [0, 0.1) is 18.6 Å². The number of aryl methyl sites for hydroxylation is 1. The number of ether oxygens (including phenoxy) is 1. The molecular formula is C11H12F2N4O. The lowest BCUT2D eigenvalue weighted by Gasteiger charge is -2.07. The van der Waals surface area contributed by atoms with E-state index in [2.05, 4.69) is 20.5 Å². The first kappa shape index (κ1) is 12.3. The average molecular weight is 254 g/mol. The Morgan fingerprint density at radius 2 is 2.11 bits per heavy atom. The van der Waals surface area contributed by atoms with Crippen molar-refractivity contribution in [2.24, 2.45) is 0 Å². The third-order valence-corrected chi connectivity index (χ3v) is 2.13.